The average molecular weight is 323 g/mol. The Morgan fingerprint density at radius 2 is 1.76 bits per heavy atom. The fraction of sp³-hybridized carbons (Fsp3) is 0.333. The fourth-order valence-corrected chi connectivity index (χ4v) is 3.00. The van der Waals surface area contributed by atoms with Gasteiger partial charge in [0.15, 0.2) is 0 Å². The van der Waals surface area contributed by atoms with Crippen molar-refractivity contribution in [2.75, 3.05) is 10.6 Å². The molecule has 0 spiro atoms. The zero-order chi connectivity index (χ0) is 14.7. The summed E-state index contributed by atoms with van der Waals surface area (Å²) in [6, 6.07) is 7.73. The predicted octanol–water partition coefficient (Wildman–Crippen LogP) is 4.88. The average Bonchev–Trinajstić information content (AvgIpc) is 2.96. The molecule has 1 aromatic heterocycles. The number of rotatable bonds is 4. The summed E-state index contributed by atoms with van der Waals surface area (Å²) in [5, 5.41) is 7.60. The lowest BCUT2D eigenvalue weighted by Gasteiger charge is -2.14. The molecule has 21 heavy (non-hydrogen) atoms. The second-order valence-corrected chi connectivity index (χ2v) is 5.93. The topological polar surface area (TPSA) is 49.8 Å². The predicted molar refractivity (Wildman–Crippen MR) is 87.7 cm³/mol. The summed E-state index contributed by atoms with van der Waals surface area (Å²) in [4.78, 5) is 8.68. The summed E-state index contributed by atoms with van der Waals surface area (Å²) in [6.07, 6.45) is 6.68. The molecular formula is C15H16Cl2N4. The molecule has 0 atom stereocenters. The van der Waals surface area contributed by atoms with Crippen molar-refractivity contribution in [2.24, 2.45) is 0 Å². The molecular weight excluding hydrogens is 307 g/mol. The van der Waals surface area contributed by atoms with Gasteiger partial charge in [-0.25, -0.2) is 4.98 Å². The molecule has 1 heterocycles. The Labute approximate surface area is 133 Å². The van der Waals surface area contributed by atoms with Crippen molar-refractivity contribution in [2.45, 2.75) is 31.7 Å². The first-order chi connectivity index (χ1) is 10.2. The van der Waals surface area contributed by atoms with E-state index in [9.17, 15) is 0 Å². The summed E-state index contributed by atoms with van der Waals surface area (Å²) in [6.45, 7) is 0. The summed E-state index contributed by atoms with van der Waals surface area (Å²) in [7, 11) is 0. The van der Waals surface area contributed by atoms with Crippen molar-refractivity contribution in [1.29, 1.82) is 0 Å². The molecule has 2 aromatic rings. The van der Waals surface area contributed by atoms with Crippen molar-refractivity contribution < 1.29 is 0 Å². The quantitative estimate of drug-likeness (QED) is 0.842. The van der Waals surface area contributed by atoms with E-state index in [1.165, 1.54) is 25.7 Å². The van der Waals surface area contributed by atoms with Gasteiger partial charge in [-0.1, -0.05) is 42.1 Å². The van der Waals surface area contributed by atoms with Crippen LogP contribution < -0.4 is 10.6 Å². The molecule has 110 valence electrons. The molecule has 1 fully saturated rings. The van der Waals surface area contributed by atoms with Gasteiger partial charge in [0.2, 0.25) is 5.95 Å². The van der Waals surface area contributed by atoms with E-state index in [0.29, 0.717) is 27.7 Å². The summed E-state index contributed by atoms with van der Waals surface area (Å²) >= 11 is 12.3. The van der Waals surface area contributed by atoms with E-state index in [1.807, 2.05) is 6.07 Å². The molecule has 1 aliphatic carbocycles. The first-order valence-electron chi connectivity index (χ1n) is 7.03. The third-order valence-corrected chi connectivity index (χ3v) is 4.19. The van der Waals surface area contributed by atoms with Crippen molar-refractivity contribution in [3.63, 3.8) is 0 Å². The summed E-state index contributed by atoms with van der Waals surface area (Å²) in [5.41, 5.74) is 0.624. The highest BCUT2D eigenvalue weighted by atomic mass is 35.5. The van der Waals surface area contributed by atoms with E-state index in [4.69, 9.17) is 23.2 Å². The van der Waals surface area contributed by atoms with Crippen LogP contribution in [0.15, 0.2) is 30.5 Å². The van der Waals surface area contributed by atoms with Crippen molar-refractivity contribution in [1.82, 2.24) is 9.97 Å². The Morgan fingerprint density at radius 3 is 2.48 bits per heavy atom. The maximum absolute atomic E-state index is 6.14. The lowest BCUT2D eigenvalue weighted by molar-refractivity contribution is 0.750. The van der Waals surface area contributed by atoms with Crippen molar-refractivity contribution in [3.8, 4) is 0 Å². The Kier molecular flexibility index (Phi) is 4.46. The number of hydrogen-bond acceptors (Lipinski definition) is 4. The van der Waals surface area contributed by atoms with Crippen LogP contribution in [-0.4, -0.2) is 16.0 Å². The zero-order valence-corrected chi connectivity index (χ0v) is 13.0. The monoisotopic (exact) mass is 322 g/mol. The highest BCUT2D eigenvalue weighted by molar-refractivity contribution is 6.39. The highest BCUT2D eigenvalue weighted by Gasteiger charge is 2.15. The Bertz CT molecular complexity index is 607. The Morgan fingerprint density at radius 1 is 1.05 bits per heavy atom. The van der Waals surface area contributed by atoms with Crippen LogP contribution in [0.3, 0.4) is 0 Å². The second kappa shape index (κ2) is 6.50. The largest absolute Gasteiger partial charge is 0.367 e. The van der Waals surface area contributed by atoms with Gasteiger partial charge in [0.25, 0.3) is 0 Å². The SMILES string of the molecule is Clc1cccc(Cl)c1Nc1nccc(NC2CCCC2)n1. The first-order valence-corrected chi connectivity index (χ1v) is 7.78. The van der Waals surface area contributed by atoms with Gasteiger partial charge in [0.1, 0.15) is 5.82 Å². The zero-order valence-electron chi connectivity index (χ0n) is 11.4. The molecule has 4 nitrogen and oxygen atoms in total. The van der Waals surface area contributed by atoms with Gasteiger partial charge < -0.3 is 10.6 Å². The van der Waals surface area contributed by atoms with Gasteiger partial charge in [0, 0.05) is 12.2 Å². The lowest BCUT2D eigenvalue weighted by atomic mass is 10.2. The first kappa shape index (κ1) is 14.4. The number of hydrogen-bond donors (Lipinski definition) is 2. The van der Waals surface area contributed by atoms with Gasteiger partial charge in [-0.2, -0.15) is 4.98 Å². The minimum Gasteiger partial charge on any atom is -0.367 e. The van der Waals surface area contributed by atoms with E-state index in [2.05, 4.69) is 20.6 Å². The van der Waals surface area contributed by atoms with Gasteiger partial charge in [-0.05, 0) is 31.0 Å². The minimum absolute atomic E-state index is 0.480. The molecule has 1 saturated carbocycles. The van der Waals surface area contributed by atoms with Crippen LogP contribution in [0.5, 0.6) is 0 Å². The molecule has 3 rings (SSSR count). The summed E-state index contributed by atoms with van der Waals surface area (Å²) < 4.78 is 0. The maximum Gasteiger partial charge on any atom is 0.229 e. The van der Waals surface area contributed by atoms with Crippen LogP contribution in [0.1, 0.15) is 25.7 Å². The second-order valence-electron chi connectivity index (χ2n) is 5.11. The molecule has 0 aliphatic heterocycles. The molecule has 6 heteroatoms. The van der Waals surface area contributed by atoms with Crippen molar-refractivity contribution >= 4 is 40.7 Å². The molecule has 1 aromatic carbocycles. The van der Waals surface area contributed by atoms with Crippen LogP contribution in [0, 0.1) is 0 Å². The van der Waals surface area contributed by atoms with E-state index >= 15 is 0 Å². The Balaban J connectivity index is 1.76. The van der Waals surface area contributed by atoms with E-state index < -0.39 is 0 Å². The highest BCUT2D eigenvalue weighted by Crippen LogP contribution is 2.31. The normalized spacial score (nSPS) is 15.1. The number of benzene rings is 1. The van der Waals surface area contributed by atoms with Gasteiger partial charge in [-0.3, -0.25) is 0 Å². The molecule has 1 aliphatic rings. The lowest BCUT2D eigenvalue weighted by Crippen LogP contribution is -2.15. The third-order valence-electron chi connectivity index (χ3n) is 3.56. The van der Waals surface area contributed by atoms with Crippen LogP contribution in [0.2, 0.25) is 10.0 Å². The number of aromatic nitrogens is 2. The molecule has 0 unspecified atom stereocenters. The van der Waals surface area contributed by atoms with Gasteiger partial charge in [0.05, 0.1) is 15.7 Å². The molecule has 0 amide bonds. The molecule has 0 radical (unpaired) electrons. The van der Waals surface area contributed by atoms with Crippen LogP contribution in [0.4, 0.5) is 17.5 Å². The molecule has 2 N–H and O–H groups in total. The number of nitrogens with zero attached hydrogens (tertiary/aromatic N) is 2. The van der Waals surface area contributed by atoms with Gasteiger partial charge >= 0.3 is 0 Å². The van der Waals surface area contributed by atoms with Crippen molar-refractivity contribution in [3.05, 3.63) is 40.5 Å². The van der Waals surface area contributed by atoms with Crippen LogP contribution in [0.25, 0.3) is 0 Å². The third kappa shape index (κ3) is 3.57. The maximum atomic E-state index is 6.14. The molecule has 0 saturated heterocycles. The van der Waals surface area contributed by atoms with E-state index in [-0.39, 0.29) is 0 Å². The fourth-order valence-electron chi connectivity index (χ4n) is 2.51. The number of anilines is 3. The summed E-state index contributed by atoms with van der Waals surface area (Å²) in [5.74, 6) is 1.30. The number of halogens is 2. The van der Waals surface area contributed by atoms with E-state index in [0.717, 1.165) is 5.82 Å². The molecule has 0 bridgehead atoms. The van der Waals surface area contributed by atoms with E-state index in [1.54, 1.807) is 24.4 Å². The Hall–Kier alpha value is -1.52. The van der Waals surface area contributed by atoms with Crippen LogP contribution >= 0.6 is 23.2 Å². The standard InChI is InChI=1S/C15H16Cl2N4/c16-11-6-3-7-12(17)14(11)21-15-18-9-8-13(20-15)19-10-4-1-2-5-10/h3,6-10H,1-2,4-5H2,(H2,18,19,20,21). The van der Waals surface area contributed by atoms with Gasteiger partial charge in [-0.15, -0.1) is 0 Å². The minimum atomic E-state index is 0.480. The van der Waals surface area contributed by atoms with Crippen LogP contribution in [-0.2, 0) is 0 Å². The number of para-hydroxylation sites is 1. The smallest absolute Gasteiger partial charge is 0.229 e. The number of nitrogens with one attached hydrogen (secondary N) is 2.